The second kappa shape index (κ2) is 8.63. The summed E-state index contributed by atoms with van der Waals surface area (Å²) in [5, 5.41) is 2.58. The number of methoxy groups -OCH3 is 1. The van der Waals surface area contributed by atoms with Crippen LogP contribution in [0.2, 0.25) is 0 Å². The zero-order chi connectivity index (χ0) is 18.2. The number of amides is 1. The van der Waals surface area contributed by atoms with E-state index >= 15 is 0 Å². The van der Waals surface area contributed by atoms with E-state index in [4.69, 9.17) is 9.47 Å². The Morgan fingerprint density at radius 3 is 2.16 bits per heavy atom. The molecule has 0 spiro atoms. The number of esters is 1. The molecule has 0 aliphatic carbocycles. The van der Waals surface area contributed by atoms with E-state index < -0.39 is 17.7 Å². The number of hydrogen-bond donors (Lipinski definition) is 1. The van der Waals surface area contributed by atoms with E-state index in [9.17, 15) is 14.4 Å². The highest BCUT2D eigenvalue weighted by atomic mass is 16.6. The van der Waals surface area contributed by atoms with Crippen molar-refractivity contribution in [3.63, 3.8) is 0 Å². The fourth-order valence-electron chi connectivity index (χ4n) is 2.16. The van der Waals surface area contributed by atoms with E-state index in [0.717, 1.165) is 0 Å². The SMILES string of the molecule is COc1ccccc1OC(=O)C(CNC(=O)c1ccccc1)C(C)=O. The summed E-state index contributed by atoms with van der Waals surface area (Å²) in [4.78, 5) is 36.2. The molecule has 0 aliphatic heterocycles. The van der Waals surface area contributed by atoms with Gasteiger partial charge in [0, 0.05) is 12.1 Å². The molecule has 0 aliphatic rings. The van der Waals surface area contributed by atoms with Gasteiger partial charge in [-0.2, -0.15) is 0 Å². The van der Waals surface area contributed by atoms with E-state index in [1.807, 2.05) is 0 Å². The number of carbonyl (C=O) groups excluding carboxylic acids is 3. The number of nitrogens with one attached hydrogen (secondary N) is 1. The zero-order valence-corrected chi connectivity index (χ0v) is 14.0. The number of para-hydroxylation sites is 2. The van der Waals surface area contributed by atoms with Crippen LogP contribution < -0.4 is 14.8 Å². The molecule has 1 amide bonds. The van der Waals surface area contributed by atoms with Crippen molar-refractivity contribution in [3.8, 4) is 11.5 Å². The molecule has 2 rings (SSSR count). The van der Waals surface area contributed by atoms with Gasteiger partial charge in [0.25, 0.3) is 5.91 Å². The third-order valence-electron chi connectivity index (χ3n) is 3.56. The van der Waals surface area contributed by atoms with Gasteiger partial charge < -0.3 is 14.8 Å². The van der Waals surface area contributed by atoms with Gasteiger partial charge in [0.1, 0.15) is 11.7 Å². The van der Waals surface area contributed by atoms with E-state index in [1.54, 1.807) is 54.6 Å². The maximum atomic E-state index is 12.3. The Labute approximate surface area is 145 Å². The Kier molecular flexibility index (Phi) is 6.28. The van der Waals surface area contributed by atoms with Crippen molar-refractivity contribution >= 4 is 17.7 Å². The van der Waals surface area contributed by atoms with Crippen molar-refractivity contribution in [1.29, 1.82) is 0 Å². The van der Waals surface area contributed by atoms with Crippen LogP contribution in [0.1, 0.15) is 17.3 Å². The average molecular weight is 341 g/mol. The normalized spacial score (nSPS) is 11.3. The smallest absolute Gasteiger partial charge is 0.323 e. The zero-order valence-electron chi connectivity index (χ0n) is 14.0. The van der Waals surface area contributed by atoms with Crippen LogP contribution in [0.3, 0.4) is 0 Å². The molecule has 25 heavy (non-hydrogen) atoms. The molecule has 6 heteroatoms. The molecule has 1 unspecified atom stereocenters. The van der Waals surface area contributed by atoms with Crippen LogP contribution in [0.4, 0.5) is 0 Å². The molecule has 0 saturated carbocycles. The van der Waals surface area contributed by atoms with Gasteiger partial charge in [-0.25, -0.2) is 0 Å². The third-order valence-corrected chi connectivity index (χ3v) is 3.56. The quantitative estimate of drug-likeness (QED) is 0.474. The lowest BCUT2D eigenvalue weighted by Crippen LogP contribution is -2.38. The minimum Gasteiger partial charge on any atom is -0.493 e. The molecule has 0 saturated heterocycles. The van der Waals surface area contributed by atoms with E-state index in [0.29, 0.717) is 11.3 Å². The Hall–Kier alpha value is -3.15. The van der Waals surface area contributed by atoms with Gasteiger partial charge >= 0.3 is 5.97 Å². The molecular formula is C19H19NO5. The molecule has 1 atom stereocenters. The first-order chi connectivity index (χ1) is 12.0. The molecule has 0 heterocycles. The Bertz CT molecular complexity index is 757. The summed E-state index contributed by atoms with van der Waals surface area (Å²) in [7, 11) is 1.45. The first-order valence-electron chi connectivity index (χ1n) is 7.71. The number of rotatable bonds is 7. The van der Waals surface area contributed by atoms with Crippen LogP contribution in [-0.2, 0) is 9.59 Å². The van der Waals surface area contributed by atoms with Crippen LogP contribution in [0.5, 0.6) is 11.5 Å². The lowest BCUT2D eigenvalue weighted by molar-refractivity contribution is -0.143. The first-order valence-corrected chi connectivity index (χ1v) is 7.71. The molecule has 0 fully saturated rings. The Balaban J connectivity index is 2.03. The monoisotopic (exact) mass is 341 g/mol. The molecule has 0 aromatic heterocycles. The highest BCUT2D eigenvalue weighted by Crippen LogP contribution is 2.26. The molecule has 2 aromatic rings. The summed E-state index contributed by atoms with van der Waals surface area (Å²) in [6, 6.07) is 15.2. The minimum absolute atomic E-state index is 0.142. The van der Waals surface area contributed by atoms with Crippen molar-refractivity contribution in [2.24, 2.45) is 5.92 Å². The van der Waals surface area contributed by atoms with Gasteiger partial charge in [-0.3, -0.25) is 14.4 Å². The van der Waals surface area contributed by atoms with Crippen molar-refractivity contribution in [2.45, 2.75) is 6.92 Å². The van der Waals surface area contributed by atoms with Crippen LogP contribution >= 0.6 is 0 Å². The van der Waals surface area contributed by atoms with Gasteiger partial charge in [0.2, 0.25) is 0 Å². The number of Topliss-reactive ketones (excluding diaryl/α,β-unsaturated/α-hetero) is 1. The summed E-state index contributed by atoms with van der Waals surface area (Å²) < 4.78 is 10.4. The number of hydrogen-bond acceptors (Lipinski definition) is 5. The van der Waals surface area contributed by atoms with Crippen LogP contribution in [-0.4, -0.2) is 31.3 Å². The lowest BCUT2D eigenvalue weighted by atomic mass is 10.1. The largest absolute Gasteiger partial charge is 0.493 e. The van der Waals surface area contributed by atoms with Gasteiger partial charge in [0.15, 0.2) is 11.5 Å². The molecule has 1 N–H and O–H groups in total. The number of ether oxygens (including phenoxy) is 2. The third kappa shape index (κ3) is 4.91. The first kappa shape index (κ1) is 18.2. The van der Waals surface area contributed by atoms with E-state index in [1.165, 1.54) is 14.0 Å². The van der Waals surface area contributed by atoms with Crippen LogP contribution in [0.25, 0.3) is 0 Å². The predicted molar refractivity (Wildman–Crippen MR) is 91.6 cm³/mol. The standard InChI is InChI=1S/C19H19NO5/c1-13(21)15(12-20-18(22)14-8-4-3-5-9-14)19(23)25-17-11-7-6-10-16(17)24-2/h3-11,15H,12H2,1-2H3,(H,20,22). The van der Waals surface area contributed by atoms with Gasteiger partial charge in [-0.15, -0.1) is 0 Å². The van der Waals surface area contributed by atoms with Crippen molar-refractivity contribution in [2.75, 3.05) is 13.7 Å². The number of carbonyl (C=O) groups is 3. The lowest BCUT2D eigenvalue weighted by Gasteiger charge is -2.15. The topological polar surface area (TPSA) is 81.7 Å². The molecule has 6 nitrogen and oxygen atoms in total. The fourth-order valence-corrected chi connectivity index (χ4v) is 2.16. The highest BCUT2D eigenvalue weighted by molar-refractivity contribution is 6.00. The van der Waals surface area contributed by atoms with Crippen LogP contribution in [0.15, 0.2) is 54.6 Å². The van der Waals surface area contributed by atoms with E-state index in [2.05, 4.69) is 5.32 Å². The number of benzene rings is 2. The molecule has 0 radical (unpaired) electrons. The molecule has 2 aromatic carbocycles. The summed E-state index contributed by atoms with van der Waals surface area (Å²) in [6.45, 7) is 1.14. The fraction of sp³-hybridized carbons (Fsp3) is 0.211. The summed E-state index contributed by atoms with van der Waals surface area (Å²) in [5.74, 6) is -2.00. The second-order valence-electron chi connectivity index (χ2n) is 5.31. The Morgan fingerprint density at radius 2 is 1.56 bits per heavy atom. The van der Waals surface area contributed by atoms with Crippen molar-refractivity contribution in [3.05, 3.63) is 60.2 Å². The second-order valence-corrected chi connectivity index (χ2v) is 5.31. The van der Waals surface area contributed by atoms with Gasteiger partial charge in [-0.1, -0.05) is 30.3 Å². The van der Waals surface area contributed by atoms with Crippen molar-refractivity contribution in [1.82, 2.24) is 5.32 Å². The highest BCUT2D eigenvalue weighted by Gasteiger charge is 2.27. The van der Waals surface area contributed by atoms with Gasteiger partial charge in [0.05, 0.1) is 7.11 Å². The molecular weight excluding hydrogens is 322 g/mol. The van der Waals surface area contributed by atoms with Gasteiger partial charge in [-0.05, 0) is 31.2 Å². The Morgan fingerprint density at radius 1 is 0.960 bits per heavy atom. The summed E-state index contributed by atoms with van der Waals surface area (Å²) in [6.07, 6.45) is 0. The summed E-state index contributed by atoms with van der Waals surface area (Å²) in [5.41, 5.74) is 0.447. The average Bonchev–Trinajstić information content (AvgIpc) is 2.62. The van der Waals surface area contributed by atoms with E-state index in [-0.39, 0.29) is 18.2 Å². The maximum absolute atomic E-state index is 12.3. The molecule has 0 bridgehead atoms. The van der Waals surface area contributed by atoms with Crippen molar-refractivity contribution < 1.29 is 23.9 Å². The minimum atomic E-state index is -1.10. The predicted octanol–water partition coefficient (Wildman–Crippen LogP) is 2.24. The summed E-state index contributed by atoms with van der Waals surface area (Å²) >= 11 is 0. The number of ketones is 1. The van der Waals surface area contributed by atoms with Crippen LogP contribution in [0, 0.1) is 5.92 Å². The maximum Gasteiger partial charge on any atom is 0.323 e. The molecule has 130 valence electrons.